The van der Waals surface area contributed by atoms with Gasteiger partial charge in [0.1, 0.15) is 0 Å². The highest BCUT2D eigenvalue weighted by Gasteiger charge is 2.20. The molecule has 1 atom stereocenters. The fourth-order valence-electron chi connectivity index (χ4n) is 1.23. The molecule has 1 aromatic rings. The van der Waals surface area contributed by atoms with Gasteiger partial charge in [-0.05, 0) is 40.0 Å². The molecule has 0 aromatic heterocycles. The minimum Gasteiger partial charge on any atom is -0.399 e. The average Bonchev–Trinajstić information content (AvgIpc) is 2.29. The molecule has 0 radical (unpaired) electrons. The summed E-state index contributed by atoms with van der Waals surface area (Å²) in [6.07, 6.45) is -0.723. The van der Waals surface area contributed by atoms with Crippen molar-refractivity contribution < 1.29 is 13.5 Å². The molecule has 0 heterocycles. The molecule has 5 nitrogen and oxygen atoms in total. The van der Waals surface area contributed by atoms with Crippen molar-refractivity contribution in [3.05, 3.63) is 22.7 Å². The third-order valence-corrected chi connectivity index (χ3v) is 4.91. The van der Waals surface area contributed by atoms with Crippen LogP contribution in [0.25, 0.3) is 0 Å². The number of benzene rings is 1. The molecular formula is C11H17BrN2O3S. The maximum Gasteiger partial charge on any atom is 0.241 e. The van der Waals surface area contributed by atoms with Crippen LogP contribution in [0.5, 0.6) is 0 Å². The van der Waals surface area contributed by atoms with E-state index in [4.69, 9.17) is 5.73 Å². The van der Waals surface area contributed by atoms with Crippen molar-refractivity contribution in [1.29, 1.82) is 0 Å². The average molecular weight is 337 g/mol. The minimum atomic E-state index is -3.68. The van der Waals surface area contributed by atoms with Crippen LogP contribution in [0.3, 0.4) is 0 Å². The zero-order valence-corrected chi connectivity index (χ0v) is 12.6. The molecular weight excluding hydrogens is 320 g/mol. The first kappa shape index (κ1) is 15.4. The molecule has 0 saturated heterocycles. The first-order chi connectivity index (χ1) is 8.24. The highest BCUT2D eigenvalue weighted by Crippen LogP contribution is 2.24. The molecule has 0 fully saturated rings. The lowest BCUT2D eigenvalue weighted by atomic mass is 10.1. The third kappa shape index (κ3) is 3.94. The number of anilines is 1. The van der Waals surface area contributed by atoms with Gasteiger partial charge in [0, 0.05) is 16.7 Å². The summed E-state index contributed by atoms with van der Waals surface area (Å²) in [4.78, 5) is 0.0680. The van der Waals surface area contributed by atoms with Crippen LogP contribution >= 0.6 is 15.9 Å². The number of rotatable bonds is 5. The molecule has 0 bridgehead atoms. The van der Waals surface area contributed by atoms with Gasteiger partial charge in [0.05, 0.1) is 11.0 Å². The minimum absolute atomic E-state index is 0.0167. The molecule has 4 N–H and O–H groups in total. The van der Waals surface area contributed by atoms with Crippen molar-refractivity contribution in [2.24, 2.45) is 5.92 Å². The van der Waals surface area contributed by atoms with Gasteiger partial charge in [0.25, 0.3) is 0 Å². The van der Waals surface area contributed by atoms with E-state index in [9.17, 15) is 13.5 Å². The highest BCUT2D eigenvalue weighted by molar-refractivity contribution is 9.10. The van der Waals surface area contributed by atoms with Crippen molar-refractivity contribution in [3.8, 4) is 0 Å². The smallest absolute Gasteiger partial charge is 0.241 e. The Morgan fingerprint density at radius 3 is 2.61 bits per heavy atom. The van der Waals surface area contributed by atoms with Crippen molar-refractivity contribution in [2.45, 2.75) is 24.8 Å². The number of sulfonamides is 1. The third-order valence-electron chi connectivity index (χ3n) is 2.50. The van der Waals surface area contributed by atoms with Gasteiger partial charge in [-0.1, -0.05) is 13.8 Å². The van der Waals surface area contributed by atoms with Gasteiger partial charge in [-0.15, -0.1) is 0 Å². The molecule has 18 heavy (non-hydrogen) atoms. The number of nitrogens with one attached hydrogen (secondary N) is 1. The summed E-state index contributed by atoms with van der Waals surface area (Å²) in [6.45, 7) is 3.60. The Balaban J connectivity index is 2.90. The number of nitrogens with two attached hydrogens (primary N) is 1. The lowest BCUT2D eigenvalue weighted by Gasteiger charge is -2.15. The number of hydrogen-bond acceptors (Lipinski definition) is 4. The molecule has 1 unspecified atom stereocenters. The van der Waals surface area contributed by atoms with Gasteiger partial charge >= 0.3 is 0 Å². The molecule has 0 amide bonds. The van der Waals surface area contributed by atoms with Gasteiger partial charge in [-0.25, -0.2) is 13.1 Å². The standard InChI is InChI=1S/C11H17BrN2O3S/c1-7(2)10(15)6-14-18(16,17)11-5-8(13)3-4-9(11)12/h3-5,7,10,14-15H,6,13H2,1-2H3. The Kier molecular flexibility index (Phi) is 5.15. The van der Waals surface area contributed by atoms with E-state index in [0.29, 0.717) is 10.2 Å². The second-order valence-corrected chi connectivity index (χ2v) is 6.94. The van der Waals surface area contributed by atoms with Crippen molar-refractivity contribution in [1.82, 2.24) is 4.72 Å². The molecule has 7 heteroatoms. The van der Waals surface area contributed by atoms with E-state index in [-0.39, 0.29) is 17.4 Å². The summed E-state index contributed by atoms with van der Waals surface area (Å²) in [6, 6.07) is 4.54. The van der Waals surface area contributed by atoms with Crippen LogP contribution in [0.2, 0.25) is 0 Å². The molecule has 1 rings (SSSR count). The lowest BCUT2D eigenvalue weighted by molar-refractivity contribution is 0.129. The Morgan fingerprint density at radius 2 is 2.06 bits per heavy atom. The van der Waals surface area contributed by atoms with Gasteiger partial charge in [-0.2, -0.15) is 0 Å². The lowest BCUT2D eigenvalue weighted by Crippen LogP contribution is -2.34. The summed E-state index contributed by atoms with van der Waals surface area (Å²) >= 11 is 3.16. The Hall–Kier alpha value is -0.630. The van der Waals surface area contributed by atoms with Crippen molar-refractivity contribution in [2.75, 3.05) is 12.3 Å². The summed E-state index contributed by atoms with van der Waals surface area (Å²) in [5, 5.41) is 9.60. The monoisotopic (exact) mass is 336 g/mol. The van der Waals surface area contributed by atoms with Crippen LogP contribution in [0.15, 0.2) is 27.6 Å². The van der Waals surface area contributed by atoms with Gasteiger partial charge < -0.3 is 10.8 Å². The Labute approximate surface area is 116 Å². The molecule has 102 valence electrons. The quantitative estimate of drug-likeness (QED) is 0.707. The van der Waals surface area contributed by atoms with Crippen molar-refractivity contribution >= 4 is 31.6 Å². The number of aliphatic hydroxyl groups is 1. The Bertz CT molecular complexity index is 517. The van der Waals surface area contributed by atoms with Gasteiger partial charge in [-0.3, -0.25) is 0 Å². The van der Waals surface area contributed by atoms with Crippen LogP contribution < -0.4 is 10.5 Å². The second kappa shape index (κ2) is 6.01. The predicted molar refractivity (Wildman–Crippen MR) is 74.6 cm³/mol. The molecule has 0 aliphatic heterocycles. The van der Waals surface area contributed by atoms with Gasteiger partial charge in [0.15, 0.2) is 0 Å². The van der Waals surface area contributed by atoms with Gasteiger partial charge in [0.2, 0.25) is 10.0 Å². The summed E-state index contributed by atoms with van der Waals surface area (Å²) in [7, 11) is -3.68. The van der Waals surface area contributed by atoms with E-state index >= 15 is 0 Å². The first-order valence-corrected chi connectivity index (χ1v) is 7.74. The number of halogens is 1. The summed E-state index contributed by atoms with van der Waals surface area (Å²) < 4.78 is 26.8. The van der Waals surface area contributed by atoms with E-state index in [1.54, 1.807) is 12.1 Å². The van der Waals surface area contributed by atoms with E-state index in [1.807, 2.05) is 13.8 Å². The molecule has 1 aromatic carbocycles. The number of nitrogen functional groups attached to an aromatic ring is 1. The highest BCUT2D eigenvalue weighted by atomic mass is 79.9. The number of hydrogen-bond donors (Lipinski definition) is 3. The maximum atomic E-state index is 12.0. The van der Waals surface area contributed by atoms with Crippen LogP contribution in [0, 0.1) is 5.92 Å². The molecule has 0 aliphatic rings. The fourth-order valence-corrected chi connectivity index (χ4v) is 3.28. The van der Waals surface area contributed by atoms with E-state index in [2.05, 4.69) is 20.7 Å². The van der Waals surface area contributed by atoms with E-state index in [1.165, 1.54) is 6.07 Å². The predicted octanol–water partition coefficient (Wildman–Crippen LogP) is 1.33. The topological polar surface area (TPSA) is 92.4 Å². The molecule has 0 aliphatic carbocycles. The zero-order chi connectivity index (χ0) is 13.9. The van der Waals surface area contributed by atoms with Crippen LogP contribution in [-0.4, -0.2) is 26.2 Å². The zero-order valence-electron chi connectivity index (χ0n) is 10.2. The van der Waals surface area contributed by atoms with Crippen LogP contribution in [0.4, 0.5) is 5.69 Å². The molecule has 0 saturated carbocycles. The largest absolute Gasteiger partial charge is 0.399 e. The SMILES string of the molecule is CC(C)C(O)CNS(=O)(=O)c1cc(N)ccc1Br. The summed E-state index contributed by atoms with van der Waals surface area (Å²) in [5.41, 5.74) is 5.93. The maximum absolute atomic E-state index is 12.0. The van der Waals surface area contributed by atoms with Crippen molar-refractivity contribution in [3.63, 3.8) is 0 Å². The van der Waals surface area contributed by atoms with Crippen LogP contribution in [-0.2, 0) is 10.0 Å². The fraction of sp³-hybridized carbons (Fsp3) is 0.455. The van der Waals surface area contributed by atoms with E-state index in [0.717, 1.165) is 0 Å². The molecule has 0 spiro atoms. The first-order valence-electron chi connectivity index (χ1n) is 5.47. The second-order valence-electron chi connectivity index (χ2n) is 4.35. The summed E-state index contributed by atoms with van der Waals surface area (Å²) in [5.74, 6) is -0.0167. The Morgan fingerprint density at radius 1 is 1.44 bits per heavy atom. The van der Waals surface area contributed by atoms with Crippen LogP contribution in [0.1, 0.15) is 13.8 Å². The van der Waals surface area contributed by atoms with E-state index < -0.39 is 16.1 Å². The number of aliphatic hydroxyl groups excluding tert-OH is 1. The normalized spacial score (nSPS) is 13.8.